The van der Waals surface area contributed by atoms with Gasteiger partial charge >= 0.3 is 0 Å². The fourth-order valence-corrected chi connectivity index (χ4v) is 3.99. The van der Waals surface area contributed by atoms with E-state index in [-0.39, 0.29) is 11.2 Å². The van der Waals surface area contributed by atoms with Crippen LogP contribution in [0.2, 0.25) is 5.02 Å². The molecular weight excluding hydrogens is 344 g/mol. The van der Waals surface area contributed by atoms with Gasteiger partial charge in [-0.1, -0.05) is 42.6 Å². The summed E-state index contributed by atoms with van der Waals surface area (Å²) < 4.78 is 0. The van der Waals surface area contributed by atoms with Crippen molar-refractivity contribution in [2.45, 2.75) is 55.0 Å². The molecule has 1 fully saturated rings. The second-order valence-corrected chi connectivity index (χ2v) is 7.97. The summed E-state index contributed by atoms with van der Waals surface area (Å²) >= 11 is 7.32. The molecule has 2 aromatic rings. The smallest absolute Gasteiger partial charge is 0.234 e. The average Bonchev–Trinajstić information content (AvgIpc) is 2.96. The first-order chi connectivity index (χ1) is 11.5. The Morgan fingerprint density at radius 2 is 2.21 bits per heavy atom. The van der Waals surface area contributed by atoms with Crippen LogP contribution in [0, 0.1) is 11.3 Å². The Kier molecular flexibility index (Phi) is 5.02. The Hall–Kier alpha value is -1.71. The number of fused-ring (bicyclic) bond motifs is 1. The lowest BCUT2D eigenvalue weighted by molar-refractivity contribution is -0.121. The molecule has 3 rings (SSSR count). The molecular formula is C17H19ClN4OS. The topological polar surface area (TPSA) is 81.6 Å². The van der Waals surface area contributed by atoms with Crippen LogP contribution in [0.3, 0.4) is 0 Å². The highest BCUT2D eigenvalue weighted by molar-refractivity contribution is 8.00. The van der Waals surface area contributed by atoms with Crippen LogP contribution in [0.5, 0.6) is 0 Å². The Bertz CT molecular complexity index is 791. The number of thioether (sulfide) groups is 1. The summed E-state index contributed by atoms with van der Waals surface area (Å²) in [5, 5.41) is 13.4. The van der Waals surface area contributed by atoms with Gasteiger partial charge in [-0.25, -0.2) is 4.98 Å². The van der Waals surface area contributed by atoms with Crippen LogP contribution in [0.4, 0.5) is 0 Å². The molecule has 1 aliphatic carbocycles. The highest BCUT2D eigenvalue weighted by Crippen LogP contribution is 2.29. The fraction of sp³-hybridized carbons (Fsp3) is 0.471. The summed E-state index contributed by atoms with van der Waals surface area (Å²) in [5.41, 5.74) is 0.958. The van der Waals surface area contributed by atoms with Crippen LogP contribution in [-0.4, -0.2) is 26.7 Å². The maximum Gasteiger partial charge on any atom is 0.234 e. The van der Waals surface area contributed by atoms with E-state index in [2.05, 4.69) is 21.4 Å². The quantitative estimate of drug-likeness (QED) is 0.804. The Morgan fingerprint density at radius 1 is 1.46 bits per heavy atom. The first-order valence-corrected chi connectivity index (χ1v) is 9.32. The van der Waals surface area contributed by atoms with Gasteiger partial charge < -0.3 is 10.3 Å². The van der Waals surface area contributed by atoms with E-state index in [1.807, 2.05) is 19.1 Å². The number of benzene rings is 1. The Balaban J connectivity index is 1.67. The van der Waals surface area contributed by atoms with Crippen LogP contribution in [0.1, 0.15) is 39.0 Å². The molecule has 24 heavy (non-hydrogen) atoms. The van der Waals surface area contributed by atoms with Gasteiger partial charge in [0.05, 0.1) is 22.4 Å². The molecule has 1 saturated carbocycles. The summed E-state index contributed by atoms with van der Waals surface area (Å²) in [6, 6.07) is 7.76. The van der Waals surface area contributed by atoms with Crippen LogP contribution in [0.25, 0.3) is 11.0 Å². The van der Waals surface area contributed by atoms with Crippen molar-refractivity contribution in [1.29, 1.82) is 5.26 Å². The number of hydrogen-bond acceptors (Lipinski definition) is 4. The van der Waals surface area contributed by atoms with Gasteiger partial charge in [0, 0.05) is 5.02 Å². The maximum atomic E-state index is 12.5. The van der Waals surface area contributed by atoms with E-state index < -0.39 is 5.54 Å². The zero-order chi connectivity index (χ0) is 17.2. The van der Waals surface area contributed by atoms with Crippen molar-refractivity contribution in [2.75, 3.05) is 0 Å². The molecule has 126 valence electrons. The van der Waals surface area contributed by atoms with E-state index in [9.17, 15) is 10.1 Å². The van der Waals surface area contributed by atoms with E-state index in [4.69, 9.17) is 11.6 Å². The number of rotatable bonds is 4. The first kappa shape index (κ1) is 17.1. The summed E-state index contributed by atoms with van der Waals surface area (Å²) in [4.78, 5) is 20.1. The highest BCUT2D eigenvalue weighted by atomic mass is 35.5. The van der Waals surface area contributed by atoms with Crippen molar-refractivity contribution >= 4 is 40.3 Å². The Morgan fingerprint density at radius 3 is 2.92 bits per heavy atom. The molecule has 1 aromatic heterocycles. The molecule has 0 unspecified atom stereocenters. The molecule has 1 aliphatic rings. The van der Waals surface area contributed by atoms with Crippen molar-refractivity contribution < 1.29 is 4.79 Å². The summed E-state index contributed by atoms with van der Waals surface area (Å²) in [6.07, 6.45) is 4.57. The SMILES string of the molecule is C[C@H](Sc1nc2ccc(Cl)cc2[nH]1)C(=O)NC1(C#N)CCCCC1. The van der Waals surface area contributed by atoms with Gasteiger partial charge in [-0.2, -0.15) is 5.26 Å². The zero-order valence-corrected chi connectivity index (χ0v) is 15.0. The molecule has 7 heteroatoms. The molecule has 0 saturated heterocycles. The van der Waals surface area contributed by atoms with Gasteiger partial charge in [0.2, 0.25) is 5.91 Å². The van der Waals surface area contributed by atoms with Crippen molar-refractivity contribution in [3.63, 3.8) is 0 Å². The predicted molar refractivity (Wildman–Crippen MR) is 96.0 cm³/mol. The molecule has 1 aromatic carbocycles. The van der Waals surface area contributed by atoms with E-state index in [1.54, 1.807) is 6.07 Å². The number of carbonyl (C=O) groups excluding carboxylic acids is 1. The number of halogens is 1. The van der Waals surface area contributed by atoms with Crippen molar-refractivity contribution in [3.8, 4) is 6.07 Å². The zero-order valence-electron chi connectivity index (χ0n) is 13.4. The molecule has 0 aliphatic heterocycles. The summed E-state index contributed by atoms with van der Waals surface area (Å²) in [6.45, 7) is 1.83. The van der Waals surface area contributed by atoms with Gasteiger partial charge in [0.1, 0.15) is 5.54 Å². The minimum Gasteiger partial charge on any atom is -0.337 e. The Labute approximate surface area is 150 Å². The number of imidazole rings is 1. The number of aromatic nitrogens is 2. The number of H-pyrrole nitrogens is 1. The first-order valence-electron chi connectivity index (χ1n) is 8.06. The van der Waals surface area contributed by atoms with Crippen LogP contribution < -0.4 is 5.32 Å². The third kappa shape index (κ3) is 3.68. The maximum absolute atomic E-state index is 12.5. The number of carbonyl (C=O) groups is 1. The van der Waals surface area contributed by atoms with E-state index >= 15 is 0 Å². The van der Waals surface area contributed by atoms with Crippen LogP contribution in [-0.2, 0) is 4.79 Å². The second-order valence-electron chi connectivity index (χ2n) is 6.21. The number of aromatic amines is 1. The van der Waals surface area contributed by atoms with E-state index in [0.29, 0.717) is 10.2 Å². The summed E-state index contributed by atoms with van der Waals surface area (Å²) in [7, 11) is 0. The van der Waals surface area contributed by atoms with Gasteiger partial charge in [0.25, 0.3) is 0 Å². The van der Waals surface area contributed by atoms with Crippen molar-refractivity contribution in [3.05, 3.63) is 23.2 Å². The number of nitrogens with one attached hydrogen (secondary N) is 2. The molecule has 5 nitrogen and oxygen atoms in total. The number of amides is 1. The number of nitriles is 1. The molecule has 0 bridgehead atoms. The fourth-order valence-electron chi connectivity index (χ4n) is 2.99. The van der Waals surface area contributed by atoms with Gasteiger partial charge in [-0.05, 0) is 38.0 Å². The van der Waals surface area contributed by atoms with Gasteiger partial charge in [-0.3, -0.25) is 4.79 Å². The molecule has 1 atom stereocenters. The van der Waals surface area contributed by atoms with Crippen molar-refractivity contribution in [1.82, 2.24) is 15.3 Å². The molecule has 2 N–H and O–H groups in total. The minimum atomic E-state index is -0.703. The molecule has 0 radical (unpaired) electrons. The average molecular weight is 363 g/mol. The summed E-state index contributed by atoms with van der Waals surface area (Å²) in [5.74, 6) is -0.123. The second kappa shape index (κ2) is 7.04. The minimum absolute atomic E-state index is 0.123. The highest BCUT2D eigenvalue weighted by Gasteiger charge is 2.35. The van der Waals surface area contributed by atoms with Crippen LogP contribution in [0.15, 0.2) is 23.4 Å². The number of nitrogens with zero attached hydrogens (tertiary/aromatic N) is 2. The van der Waals surface area contributed by atoms with E-state index in [1.165, 1.54) is 11.8 Å². The van der Waals surface area contributed by atoms with Crippen molar-refractivity contribution in [2.24, 2.45) is 0 Å². The predicted octanol–water partition coefficient (Wildman–Crippen LogP) is 4.04. The lowest BCUT2D eigenvalue weighted by Gasteiger charge is -2.32. The largest absolute Gasteiger partial charge is 0.337 e. The molecule has 0 spiro atoms. The van der Waals surface area contributed by atoms with Gasteiger partial charge in [-0.15, -0.1) is 0 Å². The standard InChI is InChI=1S/C17H19ClN4OS/c1-11(15(23)22-17(10-19)7-3-2-4-8-17)24-16-20-13-6-5-12(18)9-14(13)21-16/h5-6,9,11H,2-4,7-8H2,1H3,(H,20,21)(H,22,23)/t11-/m0/s1. The lowest BCUT2D eigenvalue weighted by atomic mass is 9.83. The monoisotopic (exact) mass is 362 g/mol. The van der Waals surface area contributed by atoms with E-state index in [0.717, 1.165) is 43.1 Å². The molecule has 1 heterocycles. The normalized spacial score (nSPS) is 18.0. The van der Waals surface area contributed by atoms with Gasteiger partial charge in [0.15, 0.2) is 5.16 Å². The third-order valence-electron chi connectivity index (χ3n) is 4.36. The molecule has 1 amide bonds. The number of hydrogen-bond donors (Lipinski definition) is 2. The lowest BCUT2D eigenvalue weighted by Crippen LogP contribution is -2.50. The third-order valence-corrected chi connectivity index (χ3v) is 5.58. The van der Waals surface area contributed by atoms with Crippen LogP contribution >= 0.6 is 23.4 Å².